The zero-order valence-corrected chi connectivity index (χ0v) is 11.5. The topological polar surface area (TPSA) is 59.0 Å². The molecule has 0 atom stereocenters. The van der Waals surface area contributed by atoms with Crippen LogP contribution in [0.5, 0.6) is 0 Å². The fraction of sp³-hybridized carbons (Fsp3) is 0.125. The van der Waals surface area contributed by atoms with Gasteiger partial charge in [0, 0.05) is 5.69 Å². The lowest BCUT2D eigenvalue weighted by Gasteiger charge is -2.10. The molecule has 2 aromatic carbocycles. The van der Waals surface area contributed by atoms with Gasteiger partial charge in [-0.25, -0.2) is 4.98 Å². The van der Waals surface area contributed by atoms with Gasteiger partial charge in [0.2, 0.25) is 0 Å². The monoisotopic (exact) mass is 280 g/mol. The Kier molecular flexibility index (Phi) is 3.93. The van der Waals surface area contributed by atoms with Crippen molar-refractivity contribution in [1.29, 1.82) is 0 Å². The Bertz CT molecular complexity index is 783. The molecular weight excluding hydrogens is 264 g/mol. The molecule has 0 aliphatic rings. The number of anilines is 1. The van der Waals surface area contributed by atoms with Crippen molar-refractivity contribution >= 4 is 16.6 Å². The number of hydrogen-bond acceptors (Lipinski definition) is 4. The third-order valence-electron chi connectivity index (χ3n) is 3.20. The Hall–Kier alpha value is -2.66. The number of benzene rings is 2. The van der Waals surface area contributed by atoms with Crippen LogP contribution in [0, 0.1) is 0 Å². The summed E-state index contributed by atoms with van der Waals surface area (Å²) >= 11 is 0. The summed E-state index contributed by atoms with van der Waals surface area (Å²) in [6, 6.07) is 17.3. The fourth-order valence-electron chi connectivity index (χ4n) is 2.12. The van der Waals surface area contributed by atoms with Gasteiger partial charge in [0.05, 0.1) is 30.6 Å². The number of hydrogen-bond donors (Lipinski definition) is 2. The summed E-state index contributed by atoms with van der Waals surface area (Å²) in [6.45, 7) is 0.986. The van der Waals surface area contributed by atoms with Crippen LogP contribution in [0.25, 0.3) is 10.9 Å². The summed E-state index contributed by atoms with van der Waals surface area (Å²) in [7, 11) is 0. The van der Waals surface area contributed by atoms with Gasteiger partial charge in [0.25, 0.3) is 5.56 Å². The minimum absolute atomic E-state index is 0.0344. The second-order valence-corrected chi connectivity index (χ2v) is 4.66. The Balaban J connectivity index is 1.63. The third kappa shape index (κ3) is 3.09. The minimum Gasteiger partial charge on any atom is -0.372 e. The molecule has 21 heavy (non-hydrogen) atoms. The maximum atomic E-state index is 12.3. The van der Waals surface area contributed by atoms with E-state index in [1.54, 1.807) is 17.0 Å². The molecule has 3 aromatic rings. The summed E-state index contributed by atoms with van der Waals surface area (Å²) in [5.41, 5.74) is 1.72. The second-order valence-electron chi connectivity index (χ2n) is 4.66. The van der Waals surface area contributed by atoms with Crippen LogP contribution < -0.4 is 16.2 Å². The molecule has 5 heteroatoms. The highest BCUT2D eigenvalue weighted by Gasteiger charge is 2.02. The zero-order chi connectivity index (χ0) is 14.5. The number of nitrogens with one attached hydrogen (secondary N) is 2. The number of fused-ring (bicyclic) bond motifs is 1. The van der Waals surface area contributed by atoms with Crippen molar-refractivity contribution < 1.29 is 0 Å². The van der Waals surface area contributed by atoms with E-state index >= 15 is 0 Å². The predicted octanol–water partition coefficient (Wildman–Crippen LogP) is 2.01. The number of nitrogens with zero attached hydrogens (tertiary/aromatic N) is 2. The maximum absolute atomic E-state index is 12.3. The standard InChI is InChI=1S/C16H16N4O/c21-16-14-8-4-5-9-15(14)19-12-20(16)11-17-10-18-13-6-2-1-3-7-13/h1-9,12,17-18H,10-11H2. The molecule has 5 nitrogen and oxygen atoms in total. The first-order valence-corrected chi connectivity index (χ1v) is 6.78. The van der Waals surface area contributed by atoms with E-state index in [-0.39, 0.29) is 5.56 Å². The maximum Gasteiger partial charge on any atom is 0.262 e. The Morgan fingerprint density at radius 1 is 1.00 bits per heavy atom. The second kappa shape index (κ2) is 6.19. The van der Waals surface area contributed by atoms with Crippen molar-refractivity contribution in [3.8, 4) is 0 Å². The van der Waals surface area contributed by atoms with Crippen LogP contribution in [0.2, 0.25) is 0 Å². The molecule has 1 aromatic heterocycles. The zero-order valence-electron chi connectivity index (χ0n) is 11.5. The van der Waals surface area contributed by atoms with Gasteiger partial charge >= 0.3 is 0 Å². The summed E-state index contributed by atoms with van der Waals surface area (Å²) in [4.78, 5) is 16.5. The molecule has 106 valence electrons. The fourth-order valence-corrected chi connectivity index (χ4v) is 2.12. The quantitative estimate of drug-likeness (QED) is 0.554. The van der Waals surface area contributed by atoms with Gasteiger partial charge in [0.1, 0.15) is 0 Å². The summed E-state index contributed by atoms with van der Waals surface area (Å²) in [5.74, 6) is 0. The van der Waals surface area contributed by atoms with Crippen LogP contribution in [0.3, 0.4) is 0 Å². The smallest absolute Gasteiger partial charge is 0.262 e. The van der Waals surface area contributed by atoms with Crippen molar-refractivity contribution in [3.63, 3.8) is 0 Å². The molecule has 1 heterocycles. The highest BCUT2D eigenvalue weighted by molar-refractivity contribution is 5.76. The first kappa shape index (κ1) is 13.3. The first-order valence-electron chi connectivity index (χ1n) is 6.78. The largest absolute Gasteiger partial charge is 0.372 e. The van der Waals surface area contributed by atoms with Gasteiger partial charge in [0.15, 0.2) is 0 Å². The average Bonchev–Trinajstić information content (AvgIpc) is 2.55. The van der Waals surface area contributed by atoms with E-state index in [0.717, 1.165) is 11.2 Å². The van der Waals surface area contributed by atoms with Crippen LogP contribution in [-0.2, 0) is 6.67 Å². The van der Waals surface area contributed by atoms with Gasteiger partial charge in [-0.2, -0.15) is 0 Å². The average molecular weight is 280 g/mol. The number of aromatic nitrogens is 2. The lowest BCUT2D eigenvalue weighted by Crippen LogP contribution is -2.31. The molecule has 0 spiro atoms. The van der Waals surface area contributed by atoms with Gasteiger partial charge in [-0.3, -0.25) is 14.7 Å². The van der Waals surface area contributed by atoms with E-state index in [2.05, 4.69) is 15.6 Å². The van der Waals surface area contributed by atoms with Gasteiger partial charge < -0.3 is 5.32 Å². The SMILES string of the molecule is O=c1c2ccccc2ncn1CNCNc1ccccc1. The van der Waals surface area contributed by atoms with Gasteiger partial charge in [-0.15, -0.1) is 0 Å². The summed E-state index contributed by atoms with van der Waals surface area (Å²) < 4.78 is 1.56. The molecular formula is C16H16N4O. The lowest BCUT2D eigenvalue weighted by molar-refractivity contribution is 0.561. The highest BCUT2D eigenvalue weighted by Crippen LogP contribution is 2.04. The number of rotatable bonds is 5. The lowest BCUT2D eigenvalue weighted by atomic mass is 10.2. The molecule has 0 saturated carbocycles. The van der Waals surface area contributed by atoms with Gasteiger partial charge in [-0.1, -0.05) is 30.3 Å². The molecule has 0 bridgehead atoms. The summed E-state index contributed by atoms with van der Waals surface area (Å²) in [5, 5.41) is 7.03. The Morgan fingerprint density at radius 3 is 2.62 bits per heavy atom. The third-order valence-corrected chi connectivity index (χ3v) is 3.20. The van der Waals surface area contributed by atoms with Gasteiger partial charge in [-0.05, 0) is 24.3 Å². The van der Waals surface area contributed by atoms with E-state index in [0.29, 0.717) is 18.7 Å². The molecule has 2 N–H and O–H groups in total. The van der Waals surface area contributed by atoms with Crippen LogP contribution >= 0.6 is 0 Å². The molecule has 0 radical (unpaired) electrons. The predicted molar refractivity (Wildman–Crippen MR) is 84.1 cm³/mol. The highest BCUT2D eigenvalue weighted by atomic mass is 16.1. The molecule has 0 aliphatic heterocycles. The molecule has 3 rings (SSSR count). The molecule has 0 unspecified atom stereocenters. The van der Waals surface area contributed by atoms with E-state index in [1.807, 2.05) is 48.5 Å². The number of para-hydroxylation sites is 2. The van der Waals surface area contributed by atoms with Crippen molar-refractivity contribution in [1.82, 2.24) is 14.9 Å². The van der Waals surface area contributed by atoms with Crippen molar-refractivity contribution in [2.24, 2.45) is 0 Å². The Labute approximate surface area is 122 Å². The molecule has 0 fully saturated rings. The van der Waals surface area contributed by atoms with Crippen LogP contribution in [0.1, 0.15) is 0 Å². The molecule has 0 saturated heterocycles. The van der Waals surface area contributed by atoms with E-state index in [4.69, 9.17) is 0 Å². The molecule has 0 amide bonds. The van der Waals surface area contributed by atoms with Crippen LogP contribution in [0.4, 0.5) is 5.69 Å². The van der Waals surface area contributed by atoms with Crippen molar-refractivity contribution in [3.05, 3.63) is 71.3 Å². The minimum atomic E-state index is -0.0344. The normalized spacial score (nSPS) is 10.7. The first-order chi connectivity index (χ1) is 10.3. The van der Waals surface area contributed by atoms with Crippen molar-refractivity contribution in [2.75, 3.05) is 12.0 Å². The van der Waals surface area contributed by atoms with Crippen molar-refractivity contribution in [2.45, 2.75) is 6.67 Å². The molecule has 0 aliphatic carbocycles. The van der Waals surface area contributed by atoms with Crippen LogP contribution in [-0.4, -0.2) is 16.2 Å². The van der Waals surface area contributed by atoms with E-state index < -0.39 is 0 Å². The summed E-state index contributed by atoms with van der Waals surface area (Å²) in [6.07, 6.45) is 1.57. The van der Waals surface area contributed by atoms with Crippen LogP contribution in [0.15, 0.2) is 65.7 Å². The Morgan fingerprint density at radius 2 is 1.76 bits per heavy atom. The van der Waals surface area contributed by atoms with E-state index in [1.165, 1.54) is 0 Å². The van der Waals surface area contributed by atoms with E-state index in [9.17, 15) is 4.79 Å².